The molecule has 0 atom stereocenters. The van der Waals surface area contributed by atoms with E-state index >= 15 is 0 Å². The number of benzene rings is 2. The lowest BCUT2D eigenvalue weighted by Crippen LogP contribution is -3.14. The fourth-order valence-electron chi connectivity index (χ4n) is 3.21. The molecule has 0 bridgehead atoms. The third-order valence-corrected chi connectivity index (χ3v) is 5.06. The summed E-state index contributed by atoms with van der Waals surface area (Å²) < 4.78 is 5.68. The highest BCUT2D eigenvalue weighted by Gasteiger charge is 2.23. The van der Waals surface area contributed by atoms with Crippen molar-refractivity contribution in [2.75, 3.05) is 39.3 Å². The second-order valence-corrected chi connectivity index (χ2v) is 7.28. The molecular formula is C22H26ClN2O2+. The van der Waals surface area contributed by atoms with Gasteiger partial charge in [-0.3, -0.25) is 4.79 Å². The molecule has 0 saturated carbocycles. The fourth-order valence-corrected chi connectivity index (χ4v) is 3.43. The van der Waals surface area contributed by atoms with Crippen LogP contribution in [0.3, 0.4) is 0 Å². The molecule has 1 aliphatic heterocycles. The molecule has 0 unspecified atom stereocenters. The first-order valence-corrected chi connectivity index (χ1v) is 9.71. The minimum Gasteiger partial charge on any atom is -0.483 e. The van der Waals surface area contributed by atoms with Gasteiger partial charge in [-0.2, -0.15) is 0 Å². The van der Waals surface area contributed by atoms with Gasteiger partial charge in [-0.25, -0.2) is 0 Å². The number of nitrogens with zero attached hydrogens (tertiary/aromatic N) is 1. The fraction of sp³-hybridized carbons (Fsp3) is 0.318. The first-order chi connectivity index (χ1) is 13.1. The van der Waals surface area contributed by atoms with E-state index in [0.717, 1.165) is 38.3 Å². The molecule has 1 fully saturated rings. The molecule has 27 heavy (non-hydrogen) atoms. The number of nitrogens with one attached hydrogen (secondary N) is 1. The maximum atomic E-state index is 12.4. The van der Waals surface area contributed by atoms with Crippen LogP contribution in [-0.2, 0) is 4.79 Å². The van der Waals surface area contributed by atoms with Gasteiger partial charge in [-0.05, 0) is 42.3 Å². The highest BCUT2D eigenvalue weighted by molar-refractivity contribution is 6.30. The molecule has 0 spiro atoms. The van der Waals surface area contributed by atoms with E-state index in [1.54, 1.807) is 6.07 Å². The Morgan fingerprint density at radius 3 is 2.63 bits per heavy atom. The summed E-state index contributed by atoms with van der Waals surface area (Å²) in [5.41, 5.74) is 2.16. The summed E-state index contributed by atoms with van der Waals surface area (Å²) in [5, 5.41) is 0.673. The molecule has 0 aliphatic carbocycles. The van der Waals surface area contributed by atoms with Gasteiger partial charge in [0.15, 0.2) is 6.61 Å². The number of piperazine rings is 1. The quantitative estimate of drug-likeness (QED) is 0.828. The van der Waals surface area contributed by atoms with Crippen molar-refractivity contribution in [3.63, 3.8) is 0 Å². The van der Waals surface area contributed by atoms with Gasteiger partial charge in [0, 0.05) is 5.02 Å². The highest BCUT2D eigenvalue weighted by Crippen LogP contribution is 2.21. The number of amides is 1. The minimum atomic E-state index is 0.0447. The zero-order chi connectivity index (χ0) is 19.1. The normalized spacial score (nSPS) is 15.3. The molecule has 1 amide bonds. The van der Waals surface area contributed by atoms with Crippen LogP contribution in [0.5, 0.6) is 5.75 Å². The molecule has 1 heterocycles. The Balaban J connectivity index is 1.40. The molecule has 1 saturated heterocycles. The number of carbonyl (C=O) groups excluding carboxylic acids is 1. The predicted molar refractivity (Wildman–Crippen MR) is 109 cm³/mol. The Morgan fingerprint density at radius 2 is 1.93 bits per heavy atom. The van der Waals surface area contributed by atoms with Gasteiger partial charge < -0.3 is 14.5 Å². The van der Waals surface area contributed by atoms with Crippen molar-refractivity contribution < 1.29 is 14.4 Å². The second kappa shape index (κ2) is 9.58. The summed E-state index contributed by atoms with van der Waals surface area (Å²) in [6.45, 7) is 6.46. The Kier molecular flexibility index (Phi) is 6.91. The molecule has 3 rings (SSSR count). The summed E-state index contributed by atoms with van der Waals surface area (Å²) in [4.78, 5) is 15.8. The van der Waals surface area contributed by atoms with Gasteiger partial charge in [0.1, 0.15) is 5.75 Å². The number of aryl methyl sites for hydroxylation is 1. The first-order valence-electron chi connectivity index (χ1n) is 9.34. The first kappa shape index (κ1) is 19.5. The molecule has 0 aromatic heterocycles. The average Bonchev–Trinajstić information content (AvgIpc) is 2.68. The molecule has 5 heteroatoms. The van der Waals surface area contributed by atoms with Crippen LogP contribution < -0.4 is 9.64 Å². The summed E-state index contributed by atoms with van der Waals surface area (Å²) in [5.74, 6) is 0.756. The van der Waals surface area contributed by atoms with Gasteiger partial charge in [0.2, 0.25) is 0 Å². The van der Waals surface area contributed by atoms with Gasteiger partial charge in [-0.1, -0.05) is 48.0 Å². The number of hydrogen-bond acceptors (Lipinski definition) is 2. The number of quaternary nitrogens is 1. The summed E-state index contributed by atoms with van der Waals surface area (Å²) in [7, 11) is 0. The topological polar surface area (TPSA) is 34.0 Å². The van der Waals surface area contributed by atoms with Crippen molar-refractivity contribution in [2.24, 2.45) is 0 Å². The van der Waals surface area contributed by atoms with Gasteiger partial charge in [0.25, 0.3) is 5.91 Å². The standard InChI is InChI=1S/C22H25ClN2O2/c1-18-16-20(23)9-10-21(18)27-17-22(26)25-14-12-24(13-15-25)11-5-8-19-6-3-2-4-7-19/h2-10,16H,11-15,17H2,1H3/p+1/b8-5+. The van der Waals surface area contributed by atoms with Crippen molar-refractivity contribution >= 4 is 23.6 Å². The van der Waals surface area contributed by atoms with E-state index in [4.69, 9.17) is 16.3 Å². The Labute approximate surface area is 166 Å². The summed E-state index contributed by atoms with van der Waals surface area (Å²) in [6.07, 6.45) is 4.38. The monoisotopic (exact) mass is 385 g/mol. The maximum Gasteiger partial charge on any atom is 0.260 e. The van der Waals surface area contributed by atoms with E-state index in [2.05, 4.69) is 24.3 Å². The maximum absolute atomic E-state index is 12.4. The lowest BCUT2D eigenvalue weighted by atomic mass is 10.2. The van der Waals surface area contributed by atoms with E-state index in [9.17, 15) is 4.79 Å². The number of rotatable bonds is 6. The zero-order valence-corrected chi connectivity index (χ0v) is 16.4. The lowest BCUT2D eigenvalue weighted by molar-refractivity contribution is -0.898. The summed E-state index contributed by atoms with van der Waals surface area (Å²) in [6, 6.07) is 15.7. The van der Waals surface area contributed by atoms with Crippen molar-refractivity contribution in [2.45, 2.75) is 6.92 Å². The zero-order valence-electron chi connectivity index (χ0n) is 15.7. The largest absolute Gasteiger partial charge is 0.483 e. The smallest absolute Gasteiger partial charge is 0.260 e. The van der Waals surface area contributed by atoms with Gasteiger partial charge in [0.05, 0.1) is 32.7 Å². The van der Waals surface area contributed by atoms with Crippen LogP contribution in [-0.4, -0.2) is 50.1 Å². The van der Waals surface area contributed by atoms with Crippen molar-refractivity contribution in [3.8, 4) is 5.75 Å². The molecule has 0 radical (unpaired) electrons. The van der Waals surface area contributed by atoms with E-state index in [0.29, 0.717) is 10.8 Å². The minimum absolute atomic E-state index is 0.0447. The third-order valence-electron chi connectivity index (χ3n) is 4.83. The van der Waals surface area contributed by atoms with Crippen LogP contribution in [0, 0.1) is 6.92 Å². The van der Waals surface area contributed by atoms with Crippen LogP contribution in [0.4, 0.5) is 0 Å². The van der Waals surface area contributed by atoms with Crippen molar-refractivity contribution in [3.05, 3.63) is 70.8 Å². The van der Waals surface area contributed by atoms with E-state index in [-0.39, 0.29) is 12.5 Å². The molecule has 1 aliphatic rings. The van der Waals surface area contributed by atoms with Crippen LogP contribution in [0.2, 0.25) is 5.02 Å². The number of ether oxygens (including phenoxy) is 1. The molecular weight excluding hydrogens is 360 g/mol. The van der Waals surface area contributed by atoms with Gasteiger partial charge in [-0.15, -0.1) is 0 Å². The second-order valence-electron chi connectivity index (χ2n) is 6.85. The SMILES string of the molecule is Cc1cc(Cl)ccc1OCC(=O)N1CC[NH+](C/C=C/c2ccccc2)CC1. The highest BCUT2D eigenvalue weighted by atomic mass is 35.5. The Bertz CT molecular complexity index is 784. The third kappa shape index (κ3) is 5.84. The number of halogens is 1. The van der Waals surface area contributed by atoms with Gasteiger partial charge >= 0.3 is 0 Å². The Morgan fingerprint density at radius 1 is 1.19 bits per heavy atom. The molecule has 4 nitrogen and oxygen atoms in total. The van der Waals surface area contributed by atoms with Crippen molar-refractivity contribution in [1.82, 2.24) is 4.90 Å². The number of carbonyl (C=O) groups is 1. The molecule has 2 aromatic rings. The van der Waals surface area contributed by atoms with E-state index in [1.165, 1.54) is 10.5 Å². The van der Waals surface area contributed by atoms with Crippen LogP contribution >= 0.6 is 11.6 Å². The number of hydrogen-bond donors (Lipinski definition) is 1. The predicted octanol–water partition coefficient (Wildman–Crippen LogP) is 2.47. The van der Waals surface area contributed by atoms with Crippen LogP contribution in [0.15, 0.2) is 54.6 Å². The van der Waals surface area contributed by atoms with Crippen molar-refractivity contribution in [1.29, 1.82) is 0 Å². The molecule has 2 aromatic carbocycles. The van der Waals surface area contributed by atoms with E-state index in [1.807, 2.05) is 42.2 Å². The molecule has 142 valence electrons. The van der Waals surface area contributed by atoms with E-state index < -0.39 is 0 Å². The lowest BCUT2D eigenvalue weighted by Gasteiger charge is -2.31. The Hall–Kier alpha value is -2.30. The van der Waals surface area contributed by atoms with Crippen LogP contribution in [0.1, 0.15) is 11.1 Å². The average molecular weight is 386 g/mol. The molecule has 1 N–H and O–H groups in total. The van der Waals surface area contributed by atoms with Crippen LogP contribution in [0.25, 0.3) is 6.08 Å². The summed E-state index contributed by atoms with van der Waals surface area (Å²) >= 11 is 5.95.